The van der Waals surface area contributed by atoms with Gasteiger partial charge in [0.15, 0.2) is 0 Å². The van der Waals surface area contributed by atoms with Crippen LogP contribution in [-0.4, -0.2) is 59.7 Å². The molecule has 8 nitrogen and oxygen atoms in total. The second-order valence-electron chi connectivity index (χ2n) is 10.0. The molecule has 0 saturated heterocycles. The number of hydrogen-bond acceptors (Lipinski definition) is 8. The zero-order chi connectivity index (χ0) is 30.2. The molecule has 2 atom stereocenters. The van der Waals surface area contributed by atoms with Crippen LogP contribution in [-0.2, 0) is 13.1 Å². The molecule has 2 aromatic carbocycles. The summed E-state index contributed by atoms with van der Waals surface area (Å²) in [6, 6.07) is 17.2. The van der Waals surface area contributed by atoms with E-state index in [1.165, 1.54) is 0 Å². The summed E-state index contributed by atoms with van der Waals surface area (Å²) >= 11 is 14.0. The molecule has 0 fully saturated rings. The fourth-order valence-electron chi connectivity index (χ4n) is 4.59. The van der Waals surface area contributed by atoms with Gasteiger partial charge in [-0.1, -0.05) is 59.6 Å². The first-order valence-corrected chi connectivity index (χ1v) is 14.4. The van der Waals surface area contributed by atoms with E-state index in [1.807, 2.05) is 54.6 Å². The van der Waals surface area contributed by atoms with Gasteiger partial charge in [0.2, 0.25) is 5.88 Å². The Labute approximate surface area is 256 Å². The fraction of sp³-hybridized carbons (Fsp3) is 0.312. The normalized spacial score (nSPS) is 12.7. The molecule has 0 aliphatic carbocycles. The molecule has 0 radical (unpaired) electrons. The van der Waals surface area contributed by atoms with Crippen molar-refractivity contribution in [2.24, 2.45) is 0 Å². The molecule has 2 heterocycles. The minimum absolute atomic E-state index is 0.438. The van der Waals surface area contributed by atoms with E-state index >= 15 is 0 Å². The summed E-state index contributed by atoms with van der Waals surface area (Å²) in [4.78, 5) is 9.29. The number of hydrogen-bond donors (Lipinski definition) is 4. The summed E-state index contributed by atoms with van der Waals surface area (Å²) in [7, 11) is 3.20. The Balaban J connectivity index is 1.66. The van der Waals surface area contributed by atoms with Crippen molar-refractivity contribution >= 4 is 23.2 Å². The van der Waals surface area contributed by atoms with Gasteiger partial charge in [-0.15, -0.1) is 0 Å². The molecule has 42 heavy (non-hydrogen) atoms. The molecule has 4 N–H and O–H groups in total. The average molecular weight is 612 g/mol. The van der Waals surface area contributed by atoms with Crippen molar-refractivity contribution in [2.45, 2.75) is 39.1 Å². The maximum Gasteiger partial charge on any atom is 0.218 e. The second kappa shape index (κ2) is 14.8. The summed E-state index contributed by atoms with van der Waals surface area (Å²) in [5, 5.41) is 26.4. The first-order chi connectivity index (χ1) is 20.2. The van der Waals surface area contributed by atoms with Crippen LogP contribution < -0.4 is 20.1 Å². The fourth-order valence-corrected chi connectivity index (χ4v) is 5.24. The van der Waals surface area contributed by atoms with Crippen LogP contribution in [0.5, 0.6) is 11.6 Å². The van der Waals surface area contributed by atoms with Gasteiger partial charge in [0.05, 0.1) is 47.9 Å². The average Bonchev–Trinajstić information content (AvgIpc) is 2.97. The van der Waals surface area contributed by atoms with Crippen LogP contribution >= 0.6 is 23.2 Å². The van der Waals surface area contributed by atoms with Gasteiger partial charge in [-0.05, 0) is 32.0 Å². The first kappa shape index (κ1) is 31.7. The van der Waals surface area contributed by atoms with E-state index in [0.717, 1.165) is 33.4 Å². The van der Waals surface area contributed by atoms with Crippen molar-refractivity contribution in [3.05, 3.63) is 82.0 Å². The van der Waals surface area contributed by atoms with Crippen LogP contribution in [0.4, 0.5) is 0 Å². The van der Waals surface area contributed by atoms with Gasteiger partial charge in [-0.2, -0.15) is 0 Å². The molecule has 0 spiro atoms. The highest BCUT2D eigenvalue weighted by molar-refractivity contribution is 6.39. The molecule has 0 saturated carbocycles. The third-order valence-electron chi connectivity index (χ3n) is 6.66. The molecule has 2 unspecified atom stereocenters. The highest BCUT2D eigenvalue weighted by Crippen LogP contribution is 2.42. The van der Waals surface area contributed by atoms with Gasteiger partial charge < -0.3 is 30.3 Å². The number of methoxy groups -OCH3 is 2. The summed E-state index contributed by atoms with van der Waals surface area (Å²) < 4.78 is 11.2. The number of nitrogens with one attached hydrogen (secondary N) is 2. The quantitative estimate of drug-likeness (QED) is 0.152. The number of aliphatic hydroxyl groups excluding tert-OH is 2. The summed E-state index contributed by atoms with van der Waals surface area (Å²) in [5.41, 5.74) is 6.11. The van der Waals surface area contributed by atoms with Gasteiger partial charge in [0.1, 0.15) is 5.75 Å². The monoisotopic (exact) mass is 610 g/mol. The second-order valence-corrected chi connectivity index (χ2v) is 10.8. The Bertz CT molecular complexity index is 1400. The van der Waals surface area contributed by atoms with Gasteiger partial charge >= 0.3 is 0 Å². The van der Waals surface area contributed by atoms with Crippen LogP contribution in [0.1, 0.15) is 25.0 Å². The van der Waals surface area contributed by atoms with Crippen molar-refractivity contribution in [3.63, 3.8) is 0 Å². The molecular formula is C32H36Cl2N4O4. The Morgan fingerprint density at radius 1 is 0.786 bits per heavy atom. The van der Waals surface area contributed by atoms with Gasteiger partial charge in [-0.25, -0.2) is 4.98 Å². The summed E-state index contributed by atoms with van der Waals surface area (Å²) in [6.45, 7) is 5.47. The largest absolute Gasteiger partial charge is 0.496 e. The van der Waals surface area contributed by atoms with Crippen molar-refractivity contribution in [1.29, 1.82) is 0 Å². The van der Waals surface area contributed by atoms with E-state index < -0.39 is 12.2 Å². The van der Waals surface area contributed by atoms with Crippen LogP contribution in [0.2, 0.25) is 10.0 Å². The number of ether oxygens (including phenoxy) is 2. The lowest BCUT2D eigenvalue weighted by atomic mass is 9.99. The third kappa shape index (κ3) is 7.58. The standard InChI is InChI=1S/C32H36Cl2N4O4/c1-19(39)15-35-17-22-9-8-21(14-28(22)41-3)31-30(34)25(12-13-37-31)24-6-5-7-26(29(24)33)27-11-10-23(32(38-27)42-4)18-36-16-20(2)40/h5-14,19-20,35-36,39-40H,15-18H2,1-4H3. The lowest BCUT2D eigenvalue weighted by molar-refractivity contribution is 0.190. The first-order valence-electron chi connectivity index (χ1n) is 13.7. The maximum atomic E-state index is 9.54. The van der Waals surface area contributed by atoms with Gasteiger partial charge in [0.25, 0.3) is 0 Å². The number of pyridine rings is 2. The van der Waals surface area contributed by atoms with Crippen molar-refractivity contribution in [3.8, 4) is 45.3 Å². The van der Waals surface area contributed by atoms with E-state index in [9.17, 15) is 10.2 Å². The van der Waals surface area contributed by atoms with E-state index in [0.29, 0.717) is 59.2 Å². The highest BCUT2D eigenvalue weighted by Gasteiger charge is 2.18. The lowest BCUT2D eigenvalue weighted by Crippen LogP contribution is -2.24. The van der Waals surface area contributed by atoms with Crippen LogP contribution in [0.25, 0.3) is 33.6 Å². The number of halogens is 2. The molecule has 2 aromatic heterocycles. The molecular weight excluding hydrogens is 575 g/mol. The topological polar surface area (TPSA) is 109 Å². The van der Waals surface area contributed by atoms with E-state index in [2.05, 4.69) is 15.6 Å². The predicted molar refractivity (Wildman–Crippen MR) is 168 cm³/mol. The number of aliphatic hydroxyl groups is 2. The highest BCUT2D eigenvalue weighted by atomic mass is 35.5. The zero-order valence-electron chi connectivity index (χ0n) is 24.1. The molecule has 222 valence electrons. The zero-order valence-corrected chi connectivity index (χ0v) is 25.6. The number of aromatic nitrogens is 2. The lowest BCUT2D eigenvalue weighted by Gasteiger charge is -2.16. The van der Waals surface area contributed by atoms with E-state index in [-0.39, 0.29) is 0 Å². The van der Waals surface area contributed by atoms with Crippen LogP contribution in [0, 0.1) is 0 Å². The SMILES string of the molecule is COc1cc(-c2nccc(-c3cccc(-c4ccc(CNCC(C)O)c(OC)n4)c3Cl)c2Cl)ccc1CNCC(C)O. The van der Waals surface area contributed by atoms with E-state index in [1.54, 1.807) is 34.3 Å². The number of nitrogens with zero attached hydrogens (tertiary/aromatic N) is 2. The Hall–Kier alpha value is -3.24. The molecule has 4 rings (SSSR count). The minimum Gasteiger partial charge on any atom is -0.496 e. The number of rotatable bonds is 13. The van der Waals surface area contributed by atoms with Gasteiger partial charge in [0, 0.05) is 65.8 Å². The molecule has 0 aliphatic heterocycles. The molecule has 0 bridgehead atoms. The van der Waals surface area contributed by atoms with Crippen LogP contribution in [0.15, 0.2) is 60.8 Å². The van der Waals surface area contributed by atoms with E-state index in [4.69, 9.17) is 37.7 Å². The summed E-state index contributed by atoms with van der Waals surface area (Å²) in [5.74, 6) is 1.17. The van der Waals surface area contributed by atoms with Gasteiger partial charge in [-0.3, -0.25) is 4.98 Å². The number of benzene rings is 2. The Kier molecular flexibility index (Phi) is 11.2. The third-order valence-corrected chi connectivity index (χ3v) is 7.45. The predicted octanol–water partition coefficient (Wildman–Crippen LogP) is 5.74. The molecule has 0 aliphatic rings. The maximum absolute atomic E-state index is 9.54. The Morgan fingerprint density at radius 3 is 2.10 bits per heavy atom. The minimum atomic E-state index is -0.449. The molecule has 10 heteroatoms. The van der Waals surface area contributed by atoms with Crippen LogP contribution in [0.3, 0.4) is 0 Å². The smallest absolute Gasteiger partial charge is 0.218 e. The van der Waals surface area contributed by atoms with Crippen molar-refractivity contribution in [1.82, 2.24) is 20.6 Å². The van der Waals surface area contributed by atoms with Crippen molar-refractivity contribution < 1.29 is 19.7 Å². The summed E-state index contributed by atoms with van der Waals surface area (Å²) in [6.07, 6.45) is 0.822. The van der Waals surface area contributed by atoms with Crippen molar-refractivity contribution in [2.75, 3.05) is 27.3 Å². The Morgan fingerprint density at radius 2 is 1.43 bits per heavy atom. The molecule has 0 amide bonds. The molecule has 4 aromatic rings.